The van der Waals surface area contributed by atoms with E-state index in [9.17, 15) is 14.4 Å². The number of nitrogens with zero attached hydrogens (tertiary/aromatic N) is 1. The fourth-order valence-corrected chi connectivity index (χ4v) is 3.34. The molecule has 8 heteroatoms. The molecule has 26 heavy (non-hydrogen) atoms. The largest absolute Gasteiger partial charge is 0.481 e. The van der Waals surface area contributed by atoms with Gasteiger partial charge in [-0.15, -0.1) is 0 Å². The molecule has 7 nitrogen and oxygen atoms in total. The van der Waals surface area contributed by atoms with Crippen LogP contribution in [-0.4, -0.2) is 46.9 Å². The van der Waals surface area contributed by atoms with Crippen molar-refractivity contribution in [3.05, 3.63) is 42.5 Å². The summed E-state index contributed by atoms with van der Waals surface area (Å²) in [6, 6.07) is 13.4. The van der Waals surface area contributed by atoms with Crippen molar-refractivity contribution >= 4 is 39.6 Å². The molecule has 0 aliphatic carbocycles. The molecule has 3 rings (SSSR count). The van der Waals surface area contributed by atoms with Crippen LogP contribution in [0.15, 0.2) is 42.5 Å². The van der Waals surface area contributed by atoms with Crippen LogP contribution in [0.3, 0.4) is 0 Å². The highest BCUT2D eigenvalue weighted by Crippen LogP contribution is 2.21. The molecular weight excluding hydrogens is 354 g/mol. The number of amides is 3. The predicted molar refractivity (Wildman–Crippen MR) is 99.8 cm³/mol. The van der Waals surface area contributed by atoms with Crippen molar-refractivity contribution in [1.29, 1.82) is 0 Å². The van der Waals surface area contributed by atoms with Gasteiger partial charge in [0.15, 0.2) is 6.10 Å². The normalized spacial score (nSPS) is 15.0. The van der Waals surface area contributed by atoms with Gasteiger partial charge in [0.1, 0.15) is 12.3 Å². The number of hydrogen-bond donors (Lipinski definition) is 2. The van der Waals surface area contributed by atoms with Crippen LogP contribution in [0.4, 0.5) is 4.79 Å². The van der Waals surface area contributed by atoms with E-state index in [-0.39, 0.29) is 11.8 Å². The first-order chi connectivity index (χ1) is 12.5. The van der Waals surface area contributed by atoms with Gasteiger partial charge in [0.05, 0.1) is 0 Å². The summed E-state index contributed by atoms with van der Waals surface area (Å²) >= 11 is 1.18. The second-order valence-corrected chi connectivity index (χ2v) is 6.89. The van der Waals surface area contributed by atoms with Gasteiger partial charge >= 0.3 is 0 Å². The molecule has 1 saturated heterocycles. The Hall–Kier alpha value is -2.74. The molecule has 0 saturated carbocycles. The molecule has 3 amide bonds. The smallest absolute Gasteiger partial charge is 0.282 e. The minimum absolute atomic E-state index is 0.0774. The second kappa shape index (κ2) is 8.09. The van der Waals surface area contributed by atoms with Crippen LogP contribution in [0.1, 0.15) is 6.92 Å². The predicted octanol–water partition coefficient (Wildman–Crippen LogP) is 1.92. The molecule has 0 radical (unpaired) electrons. The maximum absolute atomic E-state index is 12.1. The number of benzene rings is 2. The van der Waals surface area contributed by atoms with Gasteiger partial charge in [-0.1, -0.05) is 42.1 Å². The standard InChI is InChI=1S/C18H19N3O4S/c1-12(25-15-7-6-13-4-2-3-5-14(13)10-15)17(23)20-19-16(22)11-21-8-9-26-18(21)24/h2-7,10,12H,8-9,11H2,1H3,(H,19,22)(H,20,23). The molecule has 0 aromatic heterocycles. The number of fused-ring (bicyclic) bond motifs is 1. The first-order valence-electron chi connectivity index (χ1n) is 8.19. The first-order valence-corrected chi connectivity index (χ1v) is 9.17. The van der Waals surface area contributed by atoms with E-state index in [0.29, 0.717) is 18.0 Å². The number of ether oxygens (including phenoxy) is 1. The summed E-state index contributed by atoms with van der Waals surface area (Å²) in [5.74, 6) is 0.313. The molecule has 1 heterocycles. The third kappa shape index (κ3) is 4.45. The van der Waals surface area contributed by atoms with E-state index in [1.165, 1.54) is 16.7 Å². The summed E-state index contributed by atoms with van der Waals surface area (Å²) in [7, 11) is 0. The van der Waals surface area contributed by atoms with Crippen molar-refractivity contribution in [2.24, 2.45) is 0 Å². The number of carbonyl (C=O) groups excluding carboxylic acids is 3. The number of thioether (sulfide) groups is 1. The third-order valence-electron chi connectivity index (χ3n) is 3.91. The van der Waals surface area contributed by atoms with Crippen molar-refractivity contribution in [3.8, 4) is 5.75 Å². The Morgan fingerprint density at radius 3 is 2.69 bits per heavy atom. The molecule has 0 bridgehead atoms. The molecular formula is C18H19N3O4S. The molecule has 0 spiro atoms. The molecule has 136 valence electrons. The zero-order chi connectivity index (χ0) is 18.5. The summed E-state index contributed by atoms with van der Waals surface area (Å²) in [6.07, 6.45) is -0.791. The molecule has 1 atom stereocenters. The van der Waals surface area contributed by atoms with Crippen molar-refractivity contribution in [3.63, 3.8) is 0 Å². The molecule has 2 N–H and O–H groups in total. The Bertz CT molecular complexity index is 842. The van der Waals surface area contributed by atoms with Gasteiger partial charge in [-0.25, -0.2) is 0 Å². The van der Waals surface area contributed by atoms with Gasteiger partial charge in [0.2, 0.25) is 0 Å². The van der Waals surface area contributed by atoms with Crippen LogP contribution in [0.25, 0.3) is 10.8 Å². The average Bonchev–Trinajstić information content (AvgIpc) is 3.04. The molecule has 2 aromatic carbocycles. The average molecular weight is 373 g/mol. The highest BCUT2D eigenvalue weighted by Gasteiger charge is 2.23. The van der Waals surface area contributed by atoms with Crippen LogP contribution in [0, 0.1) is 0 Å². The number of hydrogen-bond acceptors (Lipinski definition) is 5. The summed E-state index contributed by atoms with van der Waals surface area (Å²) in [5, 5.41) is 1.97. The van der Waals surface area contributed by atoms with Crippen LogP contribution >= 0.6 is 11.8 Å². The molecule has 1 aliphatic rings. The third-order valence-corrected chi connectivity index (χ3v) is 4.80. The topological polar surface area (TPSA) is 87.7 Å². The van der Waals surface area contributed by atoms with Crippen LogP contribution in [-0.2, 0) is 9.59 Å². The quantitative estimate of drug-likeness (QED) is 0.782. The minimum Gasteiger partial charge on any atom is -0.481 e. The zero-order valence-corrected chi connectivity index (χ0v) is 15.0. The summed E-state index contributed by atoms with van der Waals surface area (Å²) in [5.41, 5.74) is 4.62. The van der Waals surface area contributed by atoms with Gasteiger partial charge in [0, 0.05) is 12.3 Å². The highest BCUT2D eigenvalue weighted by atomic mass is 32.2. The summed E-state index contributed by atoms with van der Waals surface area (Å²) < 4.78 is 5.64. The van der Waals surface area contributed by atoms with E-state index >= 15 is 0 Å². The Labute approximate surface area is 155 Å². The summed E-state index contributed by atoms with van der Waals surface area (Å²) in [4.78, 5) is 36.8. The molecule has 1 fully saturated rings. The molecule has 1 unspecified atom stereocenters. The van der Waals surface area contributed by atoms with Crippen molar-refractivity contribution < 1.29 is 19.1 Å². The monoisotopic (exact) mass is 373 g/mol. The number of rotatable bonds is 5. The molecule has 2 aromatic rings. The number of carbonyl (C=O) groups is 3. The summed E-state index contributed by atoms with van der Waals surface area (Å²) in [6.45, 7) is 2.05. The number of hydrazine groups is 1. The second-order valence-electron chi connectivity index (χ2n) is 5.84. The fourth-order valence-electron chi connectivity index (χ4n) is 2.51. The lowest BCUT2D eigenvalue weighted by molar-refractivity contribution is -0.132. The SMILES string of the molecule is CC(Oc1ccc2ccccc2c1)C(=O)NNC(=O)CN1CCSC1=O. The van der Waals surface area contributed by atoms with Gasteiger partial charge in [-0.3, -0.25) is 25.2 Å². The Morgan fingerprint density at radius 1 is 1.19 bits per heavy atom. The van der Waals surface area contributed by atoms with Crippen molar-refractivity contribution in [1.82, 2.24) is 15.8 Å². The maximum atomic E-state index is 12.1. The lowest BCUT2D eigenvalue weighted by Gasteiger charge is -2.17. The number of nitrogens with one attached hydrogen (secondary N) is 2. The van der Waals surface area contributed by atoms with E-state index in [4.69, 9.17) is 4.74 Å². The van der Waals surface area contributed by atoms with E-state index in [0.717, 1.165) is 10.8 Å². The Balaban J connectivity index is 1.49. The van der Waals surface area contributed by atoms with Crippen molar-refractivity contribution in [2.45, 2.75) is 13.0 Å². The van der Waals surface area contributed by atoms with Gasteiger partial charge in [0.25, 0.3) is 17.1 Å². The van der Waals surface area contributed by atoms with E-state index in [1.54, 1.807) is 13.0 Å². The van der Waals surface area contributed by atoms with Gasteiger partial charge in [-0.2, -0.15) is 0 Å². The van der Waals surface area contributed by atoms with Gasteiger partial charge in [-0.05, 0) is 29.8 Å². The van der Waals surface area contributed by atoms with Crippen LogP contribution in [0.2, 0.25) is 0 Å². The molecule has 1 aliphatic heterocycles. The first kappa shape index (κ1) is 18.1. The van der Waals surface area contributed by atoms with Crippen LogP contribution in [0.5, 0.6) is 5.75 Å². The van der Waals surface area contributed by atoms with Gasteiger partial charge < -0.3 is 9.64 Å². The Kier molecular flexibility index (Phi) is 5.62. The highest BCUT2D eigenvalue weighted by molar-refractivity contribution is 8.13. The fraction of sp³-hybridized carbons (Fsp3) is 0.278. The maximum Gasteiger partial charge on any atom is 0.282 e. The van der Waals surface area contributed by atoms with E-state index < -0.39 is 17.9 Å². The minimum atomic E-state index is -0.791. The van der Waals surface area contributed by atoms with E-state index in [1.807, 2.05) is 36.4 Å². The lowest BCUT2D eigenvalue weighted by Crippen LogP contribution is -2.50. The van der Waals surface area contributed by atoms with E-state index in [2.05, 4.69) is 10.9 Å². The zero-order valence-electron chi connectivity index (χ0n) is 14.2. The van der Waals surface area contributed by atoms with Crippen molar-refractivity contribution in [2.75, 3.05) is 18.8 Å². The Morgan fingerprint density at radius 2 is 1.96 bits per heavy atom. The lowest BCUT2D eigenvalue weighted by atomic mass is 10.1. The van der Waals surface area contributed by atoms with Crippen LogP contribution < -0.4 is 15.6 Å².